The number of ether oxygens (including phenoxy) is 4. The number of methoxy groups -OCH3 is 1. The lowest BCUT2D eigenvalue weighted by molar-refractivity contribution is -0.153. The Morgan fingerprint density at radius 3 is 2.62 bits per heavy atom. The van der Waals surface area contributed by atoms with Crippen molar-refractivity contribution in [1.82, 2.24) is 0 Å². The van der Waals surface area contributed by atoms with Crippen molar-refractivity contribution >= 4 is 46.7 Å². The van der Waals surface area contributed by atoms with Gasteiger partial charge in [-0.2, -0.15) is 0 Å². The van der Waals surface area contributed by atoms with E-state index >= 15 is 0 Å². The first-order chi connectivity index (χ1) is 11.4. The molecule has 0 N–H and O–H groups in total. The van der Waals surface area contributed by atoms with Gasteiger partial charge >= 0.3 is 5.97 Å². The third kappa shape index (κ3) is 3.63. The molecule has 1 saturated heterocycles. The molecule has 0 spiro atoms. The largest absolute Gasteiger partial charge is 0.475 e. The number of halogens is 3. The fourth-order valence-corrected chi connectivity index (χ4v) is 2.88. The summed E-state index contributed by atoms with van der Waals surface area (Å²) in [6.45, 7) is 0.122. The molecule has 1 aromatic rings. The lowest BCUT2D eigenvalue weighted by atomic mass is 10.1. The highest BCUT2D eigenvalue weighted by atomic mass is 35.6. The summed E-state index contributed by atoms with van der Waals surface area (Å²) in [4.78, 5) is 16.6. The van der Waals surface area contributed by atoms with Crippen LogP contribution in [0.2, 0.25) is 0 Å². The van der Waals surface area contributed by atoms with E-state index in [0.29, 0.717) is 5.56 Å². The molecule has 6 nitrogen and oxygen atoms in total. The maximum absolute atomic E-state index is 12.3. The van der Waals surface area contributed by atoms with E-state index in [0.717, 1.165) is 0 Å². The average Bonchev–Trinajstić information content (AvgIpc) is 2.92. The number of hydrogen-bond donors (Lipinski definition) is 0. The zero-order chi connectivity index (χ0) is 17.3. The van der Waals surface area contributed by atoms with Gasteiger partial charge in [-0.1, -0.05) is 53.0 Å². The molecule has 1 aromatic carbocycles. The van der Waals surface area contributed by atoms with Crippen molar-refractivity contribution in [3.8, 4) is 0 Å². The van der Waals surface area contributed by atoms with Gasteiger partial charge in [0, 0.05) is 7.11 Å². The zero-order valence-corrected chi connectivity index (χ0v) is 14.8. The van der Waals surface area contributed by atoms with Crippen LogP contribution < -0.4 is 0 Å². The van der Waals surface area contributed by atoms with E-state index in [1.165, 1.54) is 7.11 Å². The second-order valence-electron chi connectivity index (χ2n) is 5.25. The first kappa shape index (κ1) is 17.8. The Morgan fingerprint density at radius 1 is 1.29 bits per heavy atom. The molecule has 2 aliphatic heterocycles. The Hall–Kier alpha value is -1.05. The smallest absolute Gasteiger partial charge is 0.338 e. The Kier molecular flexibility index (Phi) is 5.22. The first-order valence-corrected chi connectivity index (χ1v) is 8.25. The zero-order valence-electron chi connectivity index (χ0n) is 12.5. The van der Waals surface area contributed by atoms with Gasteiger partial charge in [-0.25, -0.2) is 9.79 Å². The summed E-state index contributed by atoms with van der Waals surface area (Å²) in [5.41, 5.74) is 0.411. The number of carbonyl (C=O) groups excluding carboxylic acids is 1. The number of nitrogens with zero attached hydrogens (tertiary/aromatic N) is 1. The number of aliphatic imine (C=N–C) groups is 1. The monoisotopic (exact) mass is 393 g/mol. The van der Waals surface area contributed by atoms with Crippen LogP contribution in [0.4, 0.5) is 0 Å². The van der Waals surface area contributed by atoms with Gasteiger partial charge in [0.05, 0.1) is 5.56 Å². The molecule has 3 rings (SSSR count). The molecule has 2 heterocycles. The summed E-state index contributed by atoms with van der Waals surface area (Å²) >= 11 is 17.5. The van der Waals surface area contributed by atoms with Crippen molar-refractivity contribution in [2.75, 3.05) is 13.7 Å². The molecule has 0 amide bonds. The van der Waals surface area contributed by atoms with Gasteiger partial charge in [0.1, 0.15) is 18.8 Å². The molecule has 2 aliphatic rings. The third-order valence-corrected chi connectivity index (χ3v) is 4.16. The van der Waals surface area contributed by atoms with Crippen molar-refractivity contribution in [2.45, 2.75) is 28.3 Å². The number of fused-ring (bicyclic) bond motifs is 1. The molecule has 0 unspecified atom stereocenters. The topological polar surface area (TPSA) is 66.3 Å². The van der Waals surface area contributed by atoms with Gasteiger partial charge in [-0.05, 0) is 12.1 Å². The highest BCUT2D eigenvalue weighted by Gasteiger charge is 2.51. The molecule has 0 saturated carbocycles. The maximum atomic E-state index is 12.3. The molecule has 24 heavy (non-hydrogen) atoms. The highest BCUT2D eigenvalue weighted by Crippen LogP contribution is 2.36. The fourth-order valence-electron chi connectivity index (χ4n) is 2.57. The Bertz CT molecular complexity index is 634. The van der Waals surface area contributed by atoms with Crippen LogP contribution in [0.15, 0.2) is 35.3 Å². The summed E-state index contributed by atoms with van der Waals surface area (Å²) in [6.07, 6.45) is -2.02. The van der Waals surface area contributed by atoms with E-state index in [4.69, 9.17) is 53.8 Å². The van der Waals surface area contributed by atoms with E-state index in [-0.39, 0.29) is 12.5 Å². The Balaban J connectivity index is 1.83. The molecule has 130 valence electrons. The van der Waals surface area contributed by atoms with Gasteiger partial charge in [0.15, 0.2) is 12.4 Å². The number of rotatable bonds is 3. The molecular formula is C15H14Cl3NO5. The van der Waals surface area contributed by atoms with Crippen LogP contribution in [0.25, 0.3) is 0 Å². The summed E-state index contributed by atoms with van der Waals surface area (Å²) < 4.78 is 20.0. The predicted octanol–water partition coefficient (Wildman–Crippen LogP) is 2.75. The van der Waals surface area contributed by atoms with Crippen molar-refractivity contribution in [2.24, 2.45) is 4.99 Å². The molecule has 0 aliphatic carbocycles. The summed E-state index contributed by atoms with van der Waals surface area (Å²) in [5, 5.41) is 0. The fraction of sp³-hybridized carbons (Fsp3) is 0.467. The van der Waals surface area contributed by atoms with Gasteiger partial charge in [-0.3, -0.25) is 0 Å². The van der Waals surface area contributed by atoms with E-state index in [9.17, 15) is 4.79 Å². The van der Waals surface area contributed by atoms with Crippen molar-refractivity contribution in [3.63, 3.8) is 0 Å². The standard InChI is InChI=1S/C15H14Cl3NO5/c1-21-13-11(24-12(20)8-5-3-2-4-6-8)10-9(23-13)7-22-14(19-10)15(16,17)18/h2-6,9-11,13H,7H2,1H3/t9-,10+,11-,13-/m1/s1. The molecule has 0 radical (unpaired) electrons. The van der Waals surface area contributed by atoms with Crippen molar-refractivity contribution in [1.29, 1.82) is 0 Å². The lowest BCUT2D eigenvalue weighted by Crippen LogP contribution is -2.43. The van der Waals surface area contributed by atoms with Crippen molar-refractivity contribution < 1.29 is 23.7 Å². The SMILES string of the molecule is CO[C@@H]1O[C@@H]2COC(C(Cl)(Cl)Cl)=N[C@@H]2[C@H]1OC(=O)c1ccccc1. The summed E-state index contributed by atoms with van der Waals surface area (Å²) in [7, 11) is 1.45. The minimum absolute atomic E-state index is 0.0603. The van der Waals surface area contributed by atoms with Crippen LogP contribution in [0.5, 0.6) is 0 Å². The third-order valence-electron chi connectivity index (χ3n) is 3.67. The highest BCUT2D eigenvalue weighted by molar-refractivity contribution is 6.76. The van der Waals surface area contributed by atoms with E-state index in [1.807, 2.05) is 0 Å². The van der Waals surface area contributed by atoms with Gasteiger partial charge in [0.2, 0.25) is 5.90 Å². The Morgan fingerprint density at radius 2 is 2.00 bits per heavy atom. The maximum Gasteiger partial charge on any atom is 0.338 e. The van der Waals surface area contributed by atoms with E-state index < -0.39 is 34.3 Å². The van der Waals surface area contributed by atoms with Crippen molar-refractivity contribution in [3.05, 3.63) is 35.9 Å². The van der Waals surface area contributed by atoms with Crippen LogP contribution in [0, 0.1) is 0 Å². The van der Waals surface area contributed by atoms with E-state index in [2.05, 4.69) is 4.99 Å². The van der Waals surface area contributed by atoms with Crippen LogP contribution in [-0.2, 0) is 18.9 Å². The predicted molar refractivity (Wildman–Crippen MR) is 88.8 cm³/mol. The Labute approximate surface area is 153 Å². The summed E-state index contributed by atoms with van der Waals surface area (Å²) in [5.74, 6) is -0.570. The number of esters is 1. The van der Waals surface area contributed by atoms with Crippen LogP contribution in [0.1, 0.15) is 10.4 Å². The average molecular weight is 395 g/mol. The number of alkyl halides is 3. The van der Waals surface area contributed by atoms with Gasteiger partial charge in [-0.15, -0.1) is 0 Å². The quantitative estimate of drug-likeness (QED) is 0.582. The van der Waals surface area contributed by atoms with Crippen LogP contribution >= 0.6 is 34.8 Å². The minimum atomic E-state index is -1.80. The first-order valence-electron chi connectivity index (χ1n) is 7.12. The normalized spacial score (nSPS) is 29.4. The number of carbonyl (C=O) groups is 1. The van der Waals surface area contributed by atoms with Crippen LogP contribution in [0.3, 0.4) is 0 Å². The lowest BCUT2D eigenvalue weighted by Gasteiger charge is -2.27. The molecule has 0 aromatic heterocycles. The minimum Gasteiger partial charge on any atom is -0.475 e. The molecule has 1 fully saturated rings. The second-order valence-corrected chi connectivity index (χ2v) is 7.53. The number of benzene rings is 1. The second kappa shape index (κ2) is 7.06. The molecule has 4 atom stereocenters. The summed E-state index contributed by atoms with van der Waals surface area (Å²) in [6, 6.07) is 8.01. The molecular weight excluding hydrogens is 381 g/mol. The number of hydrogen-bond acceptors (Lipinski definition) is 6. The van der Waals surface area contributed by atoms with Crippen LogP contribution in [-0.4, -0.2) is 53.9 Å². The van der Waals surface area contributed by atoms with Gasteiger partial charge in [0.25, 0.3) is 3.79 Å². The molecule has 9 heteroatoms. The molecule has 0 bridgehead atoms. The van der Waals surface area contributed by atoms with Gasteiger partial charge < -0.3 is 18.9 Å². The van der Waals surface area contributed by atoms with E-state index in [1.54, 1.807) is 30.3 Å².